The third-order valence-corrected chi connectivity index (χ3v) is 4.85. The number of hydrogen-bond donors (Lipinski definition) is 2. The van der Waals surface area contributed by atoms with Crippen LogP contribution in [0.2, 0.25) is 0 Å². The van der Waals surface area contributed by atoms with Crippen molar-refractivity contribution in [2.75, 3.05) is 0 Å². The first-order valence-corrected chi connectivity index (χ1v) is 10.8. The summed E-state index contributed by atoms with van der Waals surface area (Å²) in [5, 5.41) is 5.58. The van der Waals surface area contributed by atoms with Crippen molar-refractivity contribution in [1.29, 1.82) is 0 Å². The highest BCUT2D eigenvalue weighted by molar-refractivity contribution is 6.05. The zero-order chi connectivity index (χ0) is 23.6. The first kappa shape index (κ1) is 22.5. The lowest BCUT2D eigenvalue weighted by Crippen LogP contribution is -2.34. The van der Waals surface area contributed by atoms with Gasteiger partial charge < -0.3 is 15.4 Å². The zero-order valence-electron chi connectivity index (χ0n) is 18.3. The molecule has 0 atom stereocenters. The highest BCUT2D eigenvalue weighted by atomic mass is 16.5. The lowest BCUT2D eigenvalue weighted by molar-refractivity contribution is -0.117. The number of ether oxygens (including phenoxy) is 1. The topological polar surface area (TPSA) is 80.3 Å². The minimum Gasteiger partial charge on any atom is -0.457 e. The van der Waals surface area contributed by atoms with Gasteiger partial charge in [-0.3, -0.25) is 14.6 Å². The molecule has 4 rings (SSSR count). The molecule has 1 aromatic heterocycles. The molecule has 34 heavy (non-hydrogen) atoms. The summed E-state index contributed by atoms with van der Waals surface area (Å²) >= 11 is 0. The van der Waals surface area contributed by atoms with Crippen molar-refractivity contribution < 1.29 is 14.3 Å². The highest BCUT2D eigenvalue weighted by Gasteiger charge is 2.15. The number of aromatic nitrogens is 1. The molecule has 0 saturated carbocycles. The largest absolute Gasteiger partial charge is 0.457 e. The number of rotatable bonds is 8. The molecule has 0 aliphatic rings. The maximum atomic E-state index is 13.0. The van der Waals surface area contributed by atoms with Gasteiger partial charge in [-0.1, -0.05) is 54.6 Å². The molecule has 4 aromatic rings. The van der Waals surface area contributed by atoms with Gasteiger partial charge in [0.05, 0.1) is 0 Å². The first-order valence-electron chi connectivity index (χ1n) is 10.8. The van der Waals surface area contributed by atoms with Crippen molar-refractivity contribution in [2.24, 2.45) is 0 Å². The summed E-state index contributed by atoms with van der Waals surface area (Å²) in [7, 11) is 0. The van der Waals surface area contributed by atoms with Gasteiger partial charge in [-0.25, -0.2) is 0 Å². The number of amides is 2. The van der Waals surface area contributed by atoms with Crippen LogP contribution < -0.4 is 15.4 Å². The van der Waals surface area contributed by atoms with Crippen molar-refractivity contribution in [3.63, 3.8) is 0 Å². The fraction of sp³-hybridized carbons (Fsp3) is 0.0357. The molecular formula is C28H23N3O3. The van der Waals surface area contributed by atoms with E-state index in [1.54, 1.807) is 54.9 Å². The summed E-state index contributed by atoms with van der Waals surface area (Å²) in [5.41, 5.74) is 2.13. The average Bonchev–Trinajstić information content (AvgIpc) is 2.89. The lowest BCUT2D eigenvalue weighted by atomic mass is 10.1. The van der Waals surface area contributed by atoms with Gasteiger partial charge in [0.25, 0.3) is 11.8 Å². The van der Waals surface area contributed by atoms with E-state index in [0.29, 0.717) is 22.6 Å². The molecule has 0 radical (unpaired) electrons. The zero-order valence-corrected chi connectivity index (χ0v) is 18.3. The van der Waals surface area contributed by atoms with Crippen LogP contribution in [0.4, 0.5) is 0 Å². The maximum absolute atomic E-state index is 13.0. The number of hydrogen-bond acceptors (Lipinski definition) is 4. The van der Waals surface area contributed by atoms with Crippen molar-refractivity contribution in [3.8, 4) is 11.5 Å². The number of pyridine rings is 1. The van der Waals surface area contributed by atoms with Crippen LogP contribution in [0, 0.1) is 0 Å². The Morgan fingerprint density at radius 2 is 1.56 bits per heavy atom. The second-order valence-corrected chi connectivity index (χ2v) is 7.41. The van der Waals surface area contributed by atoms with Crippen LogP contribution in [0.5, 0.6) is 11.5 Å². The molecule has 2 amide bonds. The maximum Gasteiger partial charge on any atom is 0.268 e. The third-order valence-electron chi connectivity index (χ3n) is 4.85. The quantitative estimate of drug-likeness (QED) is 0.373. The minimum absolute atomic E-state index is 0.120. The van der Waals surface area contributed by atoms with E-state index in [1.165, 1.54) is 0 Å². The van der Waals surface area contributed by atoms with Crippen LogP contribution in [0.3, 0.4) is 0 Å². The smallest absolute Gasteiger partial charge is 0.268 e. The minimum atomic E-state index is -0.414. The fourth-order valence-electron chi connectivity index (χ4n) is 3.18. The molecule has 0 aliphatic carbocycles. The van der Waals surface area contributed by atoms with E-state index >= 15 is 0 Å². The SMILES string of the molecule is O=C(NCc1cccnc1)/C(=C/c1cccc(Oc2ccccc2)c1)NC(=O)c1ccccc1. The molecule has 0 saturated heterocycles. The Bertz CT molecular complexity index is 1270. The highest BCUT2D eigenvalue weighted by Crippen LogP contribution is 2.22. The summed E-state index contributed by atoms with van der Waals surface area (Å²) in [5.74, 6) is 0.530. The molecular weight excluding hydrogens is 426 g/mol. The van der Waals surface area contributed by atoms with E-state index in [9.17, 15) is 9.59 Å². The molecule has 6 heteroatoms. The van der Waals surface area contributed by atoms with Crippen molar-refractivity contribution in [2.45, 2.75) is 6.54 Å². The molecule has 2 N–H and O–H groups in total. The second-order valence-electron chi connectivity index (χ2n) is 7.41. The molecule has 6 nitrogen and oxygen atoms in total. The predicted octanol–water partition coefficient (Wildman–Crippen LogP) is 4.96. The first-order chi connectivity index (χ1) is 16.7. The van der Waals surface area contributed by atoms with E-state index in [2.05, 4.69) is 15.6 Å². The molecule has 168 valence electrons. The van der Waals surface area contributed by atoms with Gasteiger partial charge in [0.2, 0.25) is 0 Å². The Kier molecular flexibility index (Phi) is 7.43. The standard InChI is InChI=1S/C28H23N3O3/c32-27(23-11-3-1-4-12-23)31-26(28(33)30-20-22-10-8-16-29-19-22)18-21-9-7-15-25(17-21)34-24-13-5-2-6-14-24/h1-19H,20H2,(H,30,33)(H,31,32)/b26-18-. The van der Waals surface area contributed by atoms with Gasteiger partial charge >= 0.3 is 0 Å². The lowest BCUT2D eigenvalue weighted by Gasteiger charge is -2.12. The van der Waals surface area contributed by atoms with Crippen LogP contribution in [0.25, 0.3) is 6.08 Å². The van der Waals surface area contributed by atoms with E-state index in [4.69, 9.17) is 4.74 Å². The van der Waals surface area contributed by atoms with Gasteiger partial charge in [-0.2, -0.15) is 0 Å². The molecule has 0 bridgehead atoms. The Morgan fingerprint density at radius 3 is 2.29 bits per heavy atom. The van der Waals surface area contributed by atoms with E-state index in [1.807, 2.05) is 60.7 Å². The predicted molar refractivity (Wildman–Crippen MR) is 131 cm³/mol. The number of carbonyl (C=O) groups excluding carboxylic acids is 2. The molecule has 0 aliphatic heterocycles. The van der Waals surface area contributed by atoms with Crippen molar-refractivity contribution in [3.05, 3.63) is 132 Å². The molecule has 0 fully saturated rings. The summed E-state index contributed by atoms with van der Waals surface area (Å²) in [6.07, 6.45) is 4.97. The molecule has 3 aromatic carbocycles. The summed E-state index contributed by atoms with van der Waals surface area (Å²) < 4.78 is 5.89. The number of nitrogens with one attached hydrogen (secondary N) is 2. The van der Waals surface area contributed by atoms with Crippen LogP contribution in [-0.2, 0) is 11.3 Å². The van der Waals surface area contributed by atoms with E-state index in [-0.39, 0.29) is 18.1 Å². The monoisotopic (exact) mass is 449 g/mol. The summed E-state index contributed by atoms with van der Waals surface area (Å²) in [4.78, 5) is 29.8. The van der Waals surface area contributed by atoms with E-state index in [0.717, 1.165) is 5.56 Å². The third kappa shape index (κ3) is 6.40. The van der Waals surface area contributed by atoms with Crippen LogP contribution in [-0.4, -0.2) is 16.8 Å². The summed E-state index contributed by atoms with van der Waals surface area (Å²) in [6, 6.07) is 29.1. The normalized spacial score (nSPS) is 10.9. The van der Waals surface area contributed by atoms with E-state index < -0.39 is 5.91 Å². The Labute approximate surface area is 197 Å². The Hall–Kier alpha value is -4.71. The van der Waals surface area contributed by atoms with Gasteiger partial charge in [-0.05, 0) is 59.7 Å². The van der Waals surface area contributed by atoms with Gasteiger partial charge in [-0.15, -0.1) is 0 Å². The molecule has 0 spiro atoms. The van der Waals surface area contributed by atoms with Crippen LogP contribution in [0.1, 0.15) is 21.5 Å². The van der Waals surface area contributed by atoms with Crippen LogP contribution in [0.15, 0.2) is 115 Å². The number of para-hydroxylation sites is 1. The second kappa shape index (κ2) is 11.2. The van der Waals surface area contributed by atoms with Crippen molar-refractivity contribution in [1.82, 2.24) is 15.6 Å². The number of nitrogens with zero attached hydrogens (tertiary/aromatic N) is 1. The van der Waals surface area contributed by atoms with Gasteiger partial charge in [0, 0.05) is 24.5 Å². The average molecular weight is 450 g/mol. The number of carbonyl (C=O) groups is 2. The van der Waals surface area contributed by atoms with Gasteiger partial charge in [0.1, 0.15) is 17.2 Å². The van der Waals surface area contributed by atoms with Gasteiger partial charge in [0.15, 0.2) is 0 Å². The van der Waals surface area contributed by atoms with Crippen molar-refractivity contribution >= 4 is 17.9 Å². The van der Waals surface area contributed by atoms with Crippen LogP contribution >= 0.6 is 0 Å². The number of benzene rings is 3. The Morgan fingerprint density at radius 1 is 0.824 bits per heavy atom. The molecule has 1 heterocycles. The fourth-order valence-corrected chi connectivity index (χ4v) is 3.18. The summed E-state index contributed by atoms with van der Waals surface area (Å²) in [6.45, 7) is 0.280. The molecule has 0 unspecified atom stereocenters. The Balaban J connectivity index is 1.56.